The van der Waals surface area contributed by atoms with Crippen molar-refractivity contribution >= 4 is 17.7 Å². The molecule has 0 amide bonds. The molecule has 1 atom stereocenters. The summed E-state index contributed by atoms with van der Waals surface area (Å²) in [7, 11) is 1.33. The molecule has 0 heterocycles. The topological polar surface area (TPSA) is 52.3 Å². The van der Waals surface area contributed by atoms with Gasteiger partial charge in [0.05, 0.1) is 7.11 Å². The number of carbonyl (C=O) groups is 1. The van der Waals surface area contributed by atoms with Gasteiger partial charge < -0.3 is 10.5 Å². The van der Waals surface area contributed by atoms with Crippen LogP contribution in [0.15, 0.2) is 24.3 Å². The zero-order valence-corrected chi connectivity index (χ0v) is 12.1. The summed E-state index contributed by atoms with van der Waals surface area (Å²) in [5.74, 6) is 0.152. The van der Waals surface area contributed by atoms with Crippen LogP contribution >= 0.6 is 11.8 Å². The molecule has 5 heteroatoms. The molecule has 0 fully saturated rings. The number of methoxy groups -OCH3 is 1. The van der Waals surface area contributed by atoms with E-state index in [1.54, 1.807) is 23.9 Å². The summed E-state index contributed by atoms with van der Waals surface area (Å²) in [4.78, 5) is 12.1. The first kappa shape index (κ1) is 16.0. The van der Waals surface area contributed by atoms with Crippen LogP contribution in [0.5, 0.6) is 0 Å². The minimum absolute atomic E-state index is 0.109. The molecule has 0 spiro atoms. The highest BCUT2D eigenvalue weighted by Crippen LogP contribution is 2.31. The van der Waals surface area contributed by atoms with Crippen molar-refractivity contribution in [2.24, 2.45) is 5.73 Å². The van der Waals surface area contributed by atoms with Gasteiger partial charge in [-0.25, -0.2) is 4.39 Å². The Morgan fingerprint density at radius 1 is 1.53 bits per heavy atom. The third kappa shape index (κ3) is 3.70. The Bertz CT molecular complexity index is 428. The zero-order valence-electron chi connectivity index (χ0n) is 11.3. The first-order valence-electron chi connectivity index (χ1n) is 6.14. The lowest BCUT2D eigenvalue weighted by Gasteiger charge is -2.30. The van der Waals surface area contributed by atoms with Crippen LogP contribution in [0.25, 0.3) is 0 Å². The van der Waals surface area contributed by atoms with Gasteiger partial charge in [0.15, 0.2) is 0 Å². The van der Waals surface area contributed by atoms with E-state index in [0.717, 1.165) is 12.2 Å². The molecule has 0 saturated carbocycles. The molecule has 106 valence electrons. The van der Waals surface area contributed by atoms with Gasteiger partial charge in [-0.1, -0.05) is 12.1 Å². The van der Waals surface area contributed by atoms with Gasteiger partial charge in [-0.2, -0.15) is 11.8 Å². The van der Waals surface area contributed by atoms with Crippen LogP contribution in [-0.4, -0.2) is 31.6 Å². The highest BCUT2D eigenvalue weighted by atomic mass is 32.2. The predicted octanol–water partition coefficient (Wildman–Crippen LogP) is 2.34. The minimum atomic E-state index is -0.952. The fourth-order valence-corrected chi connectivity index (χ4v) is 2.60. The second-order valence-electron chi connectivity index (χ2n) is 4.38. The van der Waals surface area contributed by atoms with E-state index in [0.29, 0.717) is 12.0 Å². The first-order chi connectivity index (χ1) is 9.10. The molecule has 1 aromatic rings. The highest BCUT2D eigenvalue weighted by molar-refractivity contribution is 7.98. The standard InChI is InChI=1S/C14H20FNO2S/c1-18-13(17)14(10-16,7-4-8-19-2)11-5-3-6-12(15)9-11/h3,5-6,9H,4,7-8,10,16H2,1-2H3. The van der Waals surface area contributed by atoms with Gasteiger partial charge in [0, 0.05) is 6.54 Å². The van der Waals surface area contributed by atoms with Crippen LogP contribution in [0.2, 0.25) is 0 Å². The van der Waals surface area contributed by atoms with E-state index in [-0.39, 0.29) is 12.4 Å². The van der Waals surface area contributed by atoms with E-state index >= 15 is 0 Å². The lowest BCUT2D eigenvalue weighted by Crippen LogP contribution is -2.44. The second-order valence-corrected chi connectivity index (χ2v) is 5.37. The lowest BCUT2D eigenvalue weighted by molar-refractivity contribution is -0.147. The van der Waals surface area contributed by atoms with Crippen LogP contribution in [0.1, 0.15) is 18.4 Å². The summed E-state index contributed by atoms with van der Waals surface area (Å²) in [6.07, 6.45) is 3.38. The average Bonchev–Trinajstić information content (AvgIpc) is 2.43. The Kier molecular flexibility index (Phi) is 6.31. The summed E-state index contributed by atoms with van der Waals surface area (Å²) in [5.41, 5.74) is 5.45. The number of rotatable bonds is 7. The van der Waals surface area contributed by atoms with Crippen molar-refractivity contribution in [1.29, 1.82) is 0 Å². The van der Waals surface area contributed by atoms with E-state index in [1.165, 1.54) is 19.2 Å². The Morgan fingerprint density at radius 3 is 2.79 bits per heavy atom. The number of carbonyl (C=O) groups excluding carboxylic acids is 1. The van der Waals surface area contributed by atoms with Crippen molar-refractivity contribution in [3.63, 3.8) is 0 Å². The smallest absolute Gasteiger partial charge is 0.317 e. The SMILES string of the molecule is COC(=O)C(CN)(CCCSC)c1cccc(F)c1. The summed E-state index contributed by atoms with van der Waals surface area (Å²) in [6.45, 7) is 0.109. The maximum atomic E-state index is 13.4. The first-order valence-corrected chi connectivity index (χ1v) is 7.53. The van der Waals surface area contributed by atoms with E-state index in [2.05, 4.69) is 0 Å². The Balaban J connectivity index is 3.12. The number of benzene rings is 1. The number of nitrogens with two attached hydrogens (primary N) is 1. The van der Waals surface area contributed by atoms with Crippen molar-refractivity contribution in [2.45, 2.75) is 18.3 Å². The number of thioether (sulfide) groups is 1. The monoisotopic (exact) mass is 285 g/mol. The summed E-state index contributed by atoms with van der Waals surface area (Å²) in [5, 5.41) is 0. The second kappa shape index (κ2) is 7.50. The number of halogens is 1. The molecule has 0 aliphatic carbocycles. The molecule has 1 rings (SSSR count). The zero-order chi connectivity index (χ0) is 14.3. The van der Waals surface area contributed by atoms with Gasteiger partial charge >= 0.3 is 5.97 Å². The molecular weight excluding hydrogens is 265 g/mol. The Hall–Kier alpha value is -1.07. The normalized spacial score (nSPS) is 13.9. The van der Waals surface area contributed by atoms with E-state index in [1.807, 2.05) is 6.26 Å². The maximum absolute atomic E-state index is 13.4. The van der Waals surface area contributed by atoms with Gasteiger partial charge in [-0.05, 0) is 42.5 Å². The van der Waals surface area contributed by atoms with E-state index in [4.69, 9.17) is 10.5 Å². The molecule has 0 saturated heterocycles. The minimum Gasteiger partial charge on any atom is -0.468 e. The van der Waals surface area contributed by atoms with Crippen molar-refractivity contribution in [1.82, 2.24) is 0 Å². The molecule has 0 aromatic heterocycles. The van der Waals surface area contributed by atoms with Gasteiger partial charge in [-0.15, -0.1) is 0 Å². The van der Waals surface area contributed by atoms with E-state index < -0.39 is 11.4 Å². The fraction of sp³-hybridized carbons (Fsp3) is 0.500. The average molecular weight is 285 g/mol. The van der Waals surface area contributed by atoms with Crippen LogP contribution < -0.4 is 5.73 Å². The molecule has 19 heavy (non-hydrogen) atoms. The van der Waals surface area contributed by atoms with Crippen LogP contribution in [0.4, 0.5) is 4.39 Å². The summed E-state index contributed by atoms with van der Waals surface area (Å²) < 4.78 is 18.3. The van der Waals surface area contributed by atoms with Crippen LogP contribution in [0.3, 0.4) is 0 Å². The fourth-order valence-electron chi connectivity index (χ4n) is 2.17. The number of hydrogen-bond donors (Lipinski definition) is 1. The Morgan fingerprint density at radius 2 is 2.26 bits per heavy atom. The largest absolute Gasteiger partial charge is 0.468 e. The molecule has 2 N–H and O–H groups in total. The van der Waals surface area contributed by atoms with Crippen molar-refractivity contribution in [3.8, 4) is 0 Å². The van der Waals surface area contributed by atoms with E-state index in [9.17, 15) is 9.18 Å². The van der Waals surface area contributed by atoms with Crippen molar-refractivity contribution in [3.05, 3.63) is 35.6 Å². The predicted molar refractivity (Wildman–Crippen MR) is 76.8 cm³/mol. The van der Waals surface area contributed by atoms with Crippen LogP contribution in [0, 0.1) is 5.82 Å². The van der Waals surface area contributed by atoms with Gasteiger partial charge in [0.2, 0.25) is 0 Å². The lowest BCUT2D eigenvalue weighted by atomic mass is 9.76. The number of ether oxygens (including phenoxy) is 1. The molecular formula is C14H20FNO2S. The third-order valence-electron chi connectivity index (χ3n) is 3.25. The van der Waals surface area contributed by atoms with Gasteiger partial charge in [0.1, 0.15) is 11.2 Å². The summed E-state index contributed by atoms with van der Waals surface area (Å²) >= 11 is 1.70. The maximum Gasteiger partial charge on any atom is 0.317 e. The quantitative estimate of drug-likeness (QED) is 0.617. The molecule has 0 aliphatic rings. The van der Waals surface area contributed by atoms with Gasteiger partial charge in [-0.3, -0.25) is 4.79 Å². The summed E-state index contributed by atoms with van der Waals surface area (Å²) in [6, 6.07) is 6.03. The Labute approximate surface area is 117 Å². The van der Waals surface area contributed by atoms with Crippen LogP contribution in [-0.2, 0) is 14.9 Å². The van der Waals surface area contributed by atoms with Gasteiger partial charge in [0.25, 0.3) is 0 Å². The van der Waals surface area contributed by atoms with Crippen molar-refractivity contribution < 1.29 is 13.9 Å². The van der Waals surface area contributed by atoms with Crippen molar-refractivity contribution in [2.75, 3.05) is 25.7 Å². The molecule has 0 radical (unpaired) electrons. The molecule has 0 bridgehead atoms. The number of esters is 1. The third-order valence-corrected chi connectivity index (χ3v) is 3.95. The number of hydrogen-bond acceptors (Lipinski definition) is 4. The molecule has 1 unspecified atom stereocenters. The molecule has 0 aliphatic heterocycles. The molecule has 1 aromatic carbocycles. The molecule has 3 nitrogen and oxygen atoms in total. The highest BCUT2D eigenvalue weighted by Gasteiger charge is 2.39.